The summed E-state index contributed by atoms with van der Waals surface area (Å²) in [4.78, 5) is 34.4. The Hall–Kier alpha value is -2.64. The van der Waals surface area contributed by atoms with Crippen LogP contribution in [0.1, 0.15) is 26.2 Å². The normalized spacial score (nSPS) is 16.4. The lowest BCUT2D eigenvalue weighted by atomic mass is 10.1. The second-order valence-electron chi connectivity index (χ2n) is 5.59. The number of carbonyl (C=O) groups is 2. The highest BCUT2D eigenvalue weighted by Crippen LogP contribution is 2.19. The maximum absolute atomic E-state index is 11.1. The SMILES string of the molecule is CC(=O)N1CCCC1CCNC=O.CNc1cnc2[nH]ccc2n1. The molecule has 2 aromatic heterocycles. The van der Waals surface area contributed by atoms with Crippen LogP contribution in [0.15, 0.2) is 18.5 Å². The molecule has 0 radical (unpaired) electrons. The van der Waals surface area contributed by atoms with E-state index in [1.165, 1.54) is 0 Å². The largest absolute Gasteiger partial charge is 0.372 e. The van der Waals surface area contributed by atoms with Crippen molar-refractivity contribution in [3.63, 3.8) is 0 Å². The van der Waals surface area contributed by atoms with Crippen LogP contribution in [0.5, 0.6) is 0 Å². The number of amides is 2. The van der Waals surface area contributed by atoms with Crippen LogP contribution in [-0.4, -0.2) is 58.3 Å². The minimum Gasteiger partial charge on any atom is -0.372 e. The molecule has 0 saturated carbocycles. The predicted molar refractivity (Wildman–Crippen MR) is 92.5 cm³/mol. The third kappa shape index (κ3) is 4.68. The van der Waals surface area contributed by atoms with E-state index in [9.17, 15) is 9.59 Å². The topological polar surface area (TPSA) is 103 Å². The number of hydrogen-bond donors (Lipinski definition) is 3. The van der Waals surface area contributed by atoms with Gasteiger partial charge in [0.1, 0.15) is 11.3 Å². The van der Waals surface area contributed by atoms with E-state index in [4.69, 9.17) is 0 Å². The minimum atomic E-state index is 0.147. The van der Waals surface area contributed by atoms with Gasteiger partial charge in [-0.2, -0.15) is 0 Å². The third-order valence-corrected chi connectivity index (χ3v) is 4.00. The average Bonchev–Trinajstić information content (AvgIpc) is 3.23. The molecule has 1 unspecified atom stereocenters. The summed E-state index contributed by atoms with van der Waals surface area (Å²) < 4.78 is 0. The predicted octanol–water partition coefficient (Wildman–Crippen LogP) is 1.13. The Bertz CT molecular complexity index is 671. The van der Waals surface area contributed by atoms with Crippen molar-refractivity contribution in [3.05, 3.63) is 18.5 Å². The van der Waals surface area contributed by atoms with Gasteiger partial charge in [-0.25, -0.2) is 9.97 Å². The van der Waals surface area contributed by atoms with Crippen LogP contribution in [0, 0.1) is 0 Å². The third-order valence-electron chi connectivity index (χ3n) is 4.00. The molecular weight excluding hydrogens is 308 g/mol. The van der Waals surface area contributed by atoms with Crippen LogP contribution in [0.3, 0.4) is 0 Å². The number of anilines is 1. The number of nitrogens with one attached hydrogen (secondary N) is 3. The van der Waals surface area contributed by atoms with Crippen molar-refractivity contribution in [2.45, 2.75) is 32.2 Å². The number of likely N-dealkylation sites (tertiary alicyclic amines) is 1. The number of aromatic nitrogens is 3. The molecule has 2 amide bonds. The van der Waals surface area contributed by atoms with E-state index in [0.29, 0.717) is 19.0 Å². The Morgan fingerprint density at radius 2 is 2.38 bits per heavy atom. The summed E-state index contributed by atoms with van der Waals surface area (Å²) in [7, 11) is 1.82. The molecule has 8 heteroatoms. The van der Waals surface area contributed by atoms with Crippen molar-refractivity contribution in [2.75, 3.05) is 25.5 Å². The van der Waals surface area contributed by atoms with Gasteiger partial charge < -0.3 is 20.5 Å². The van der Waals surface area contributed by atoms with Gasteiger partial charge in [0, 0.05) is 39.3 Å². The van der Waals surface area contributed by atoms with Crippen LogP contribution >= 0.6 is 0 Å². The molecule has 0 aliphatic carbocycles. The van der Waals surface area contributed by atoms with Gasteiger partial charge in [0.25, 0.3) is 0 Å². The molecule has 1 fully saturated rings. The van der Waals surface area contributed by atoms with Crippen LogP contribution in [0.25, 0.3) is 11.2 Å². The smallest absolute Gasteiger partial charge is 0.219 e. The van der Waals surface area contributed by atoms with Gasteiger partial charge in [0.15, 0.2) is 5.65 Å². The van der Waals surface area contributed by atoms with Crippen molar-refractivity contribution < 1.29 is 9.59 Å². The molecule has 8 nitrogen and oxygen atoms in total. The molecule has 1 atom stereocenters. The Balaban J connectivity index is 0.000000175. The molecule has 3 rings (SSSR count). The van der Waals surface area contributed by atoms with Crippen molar-refractivity contribution in [1.29, 1.82) is 0 Å². The molecule has 0 aromatic carbocycles. The van der Waals surface area contributed by atoms with E-state index in [1.54, 1.807) is 13.1 Å². The van der Waals surface area contributed by atoms with E-state index >= 15 is 0 Å². The highest BCUT2D eigenvalue weighted by molar-refractivity contribution is 5.74. The monoisotopic (exact) mass is 332 g/mol. The lowest BCUT2D eigenvalue weighted by Crippen LogP contribution is -2.35. The van der Waals surface area contributed by atoms with E-state index in [2.05, 4.69) is 25.6 Å². The Labute approximate surface area is 141 Å². The summed E-state index contributed by atoms with van der Waals surface area (Å²) in [6.45, 7) is 3.14. The number of hydrogen-bond acceptors (Lipinski definition) is 5. The summed E-state index contributed by atoms with van der Waals surface area (Å²) >= 11 is 0. The number of fused-ring (bicyclic) bond motifs is 1. The van der Waals surface area contributed by atoms with E-state index in [0.717, 1.165) is 42.8 Å². The van der Waals surface area contributed by atoms with Gasteiger partial charge in [-0.05, 0) is 25.3 Å². The van der Waals surface area contributed by atoms with Crippen molar-refractivity contribution in [3.8, 4) is 0 Å². The molecule has 2 aromatic rings. The van der Waals surface area contributed by atoms with Crippen molar-refractivity contribution in [2.24, 2.45) is 0 Å². The number of H-pyrrole nitrogens is 1. The first-order valence-electron chi connectivity index (χ1n) is 8.07. The highest BCUT2D eigenvalue weighted by Gasteiger charge is 2.25. The molecule has 3 heterocycles. The van der Waals surface area contributed by atoms with E-state index in [1.807, 2.05) is 24.2 Å². The standard InChI is InChI=1S/C9H16N2O2.C7H8N4/c1-8(13)11-6-2-3-9(11)4-5-10-7-12;1-8-6-4-10-7-5(11-6)2-3-9-7/h7,9H,2-6H2,1H3,(H,10,12);2-4H,1H3,(H,8,11)(H,9,10). The van der Waals surface area contributed by atoms with Gasteiger partial charge in [-0.15, -0.1) is 0 Å². The van der Waals surface area contributed by atoms with Gasteiger partial charge in [-0.3, -0.25) is 9.59 Å². The highest BCUT2D eigenvalue weighted by atomic mass is 16.2. The summed E-state index contributed by atoms with van der Waals surface area (Å²) in [6.07, 6.45) is 7.25. The number of aromatic amines is 1. The zero-order chi connectivity index (χ0) is 17.4. The van der Waals surface area contributed by atoms with Crippen LogP contribution in [0.2, 0.25) is 0 Å². The molecule has 1 saturated heterocycles. The van der Waals surface area contributed by atoms with E-state index < -0.39 is 0 Å². The van der Waals surface area contributed by atoms with Crippen LogP contribution in [-0.2, 0) is 9.59 Å². The first kappa shape index (κ1) is 17.7. The lowest BCUT2D eigenvalue weighted by molar-refractivity contribution is -0.129. The van der Waals surface area contributed by atoms with Crippen molar-refractivity contribution >= 4 is 29.3 Å². The molecule has 1 aliphatic heterocycles. The fourth-order valence-corrected chi connectivity index (χ4v) is 2.81. The minimum absolute atomic E-state index is 0.147. The molecule has 24 heavy (non-hydrogen) atoms. The molecule has 0 bridgehead atoms. The second kappa shape index (κ2) is 8.85. The summed E-state index contributed by atoms with van der Waals surface area (Å²) in [5, 5.41) is 5.54. The number of rotatable bonds is 5. The zero-order valence-electron chi connectivity index (χ0n) is 14.1. The quantitative estimate of drug-likeness (QED) is 0.563. The molecule has 3 N–H and O–H groups in total. The van der Waals surface area contributed by atoms with Crippen LogP contribution < -0.4 is 10.6 Å². The molecule has 130 valence electrons. The summed E-state index contributed by atoms with van der Waals surface area (Å²) in [6, 6.07) is 2.23. The van der Waals surface area contributed by atoms with Crippen LogP contribution in [0.4, 0.5) is 5.82 Å². The first-order valence-corrected chi connectivity index (χ1v) is 8.07. The summed E-state index contributed by atoms with van der Waals surface area (Å²) in [5.74, 6) is 0.936. The van der Waals surface area contributed by atoms with Gasteiger partial charge in [0.05, 0.1) is 6.20 Å². The summed E-state index contributed by atoms with van der Waals surface area (Å²) in [5.41, 5.74) is 1.71. The maximum Gasteiger partial charge on any atom is 0.219 e. The Kier molecular flexibility index (Phi) is 6.53. The Morgan fingerprint density at radius 1 is 1.54 bits per heavy atom. The average molecular weight is 332 g/mol. The maximum atomic E-state index is 11.1. The zero-order valence-corrected chi connectivity index (χ0v) is 14.1. The molecule has 0 spiro atoms. The number of nitrogens with zero attached hydrogens (tertiary/aromatic N) is 3. The first-order chi connectivity index (χ1) is 11.7. The van der Waals surface area contributed by atoms with Crippen molar-refractivity contribution in [1.82, 2.24) is 25.2 Å². The van der Waals surface area contributed by atoms with Gasteiger partial charge in [-0.1, -0.05) is 0 Å². The van der Waals surface area contributed by atoms with E-state index in [-0.39, 0.29) is 5.91 Å². The fourth-order valence-electron chi connectivity index (χ4n) is 2.81. The number of carbonyl (C=O) groups excluding carboxylic acids is 2. The molecular formula is C16H24N6O2. The Morgan fingerprint density at radius 3 is 3.08 bits per heavy atom. The second-order valence-corrected chi connectivity index (χ2v) is 5.59. The van der Waals surface area contributed by atoms with Gasteiger partial charge >= 0.3 is 0 Å². The lowest BCUT2D eigenvalue weighted by Gasteiger charge is -2.22. The molecule has 1 aliphatic rings. The van der Waals surface area contributed by atoms with Gasteiger partial charge in [0.2, 0.25) is 12.3 Å². The fraction of sp³-hybridized carbons (Fsp3) is 0.500.